The van der Waals surface area contributed by atoms with Crippen molar-refractivity contribution in [2.24, 2.45) is 0 Å². The summed E-state index contributed by atoms with van der Waals surface area (Å²) in [7, 11) is 0. The van der Waals surface area contributed by atoms with Gasteiger partial charge in [-0.15, -0.1) is 11.3 Å². The number of aryl methyl sites for hydroxylation is 1. The first kappa shape index (κ1) is 20.7. The van der Waals surface area contributed by atoms with E-state index in [-0.39, 0.29) is 16.5 Å². The van der Waals surface area contributed by atoms with Gasteiger partial charge >= 0.3 is 0 Å². The highest BCUT2D eigenvalue weighted by Gasteiger charge is 2.25. The minimum Gasteiger partial charge on any atom is -0.336 e. The molecule has 1 aliphatic heterocycles. The Bertz CT molecular complexity index is 1050. The molecule has 1 amide bonds. The van der Waals surface area contributed by atoms with Crippen LogP contribution in [0.4, 0.5) is 15.3 Å². The molecular weight excluding hydrogens is 425 g/mol. The Kier molecular flexibility index (Phi) is 6.26. The zero-order chi connectivity index (χ0) is 21.1. The van der Waals surface area contributed by atoms with Crippen LogP contribution in [-0.2, 0) is 6.54 Å². The summed E-state index contributed by atoms with van der Waals surface area (Å²) in [5.41, 5.74) is 0.961. The number of hydrogen-bond donors (Lipinski definition) is 1. The SMILES string of the molecule is Cc1cnc(Nc2cccc(CN3CCN(C(=O)c4cccc(Cl)c4F)CC3)n2)s1. The zero-order valence-corrected chi connectivity index (χ0v) is 18.0. The van der Waals surface area contributed by atoms with E-state index in [0.29, 0.717) is 32.7 Å². The van der Waals surface area contributed by atoms with Crippen molar-refractivity contribution in [1.29, 1.82) is 0 Å². The third kappa shape index (κ3) is 4.77. The predicted molar refractivity (Wildman–Crippen MR) is 117 cm³/mol. The number of rotatable bonds is 5. The van der Waals surface area contributed by atoms with Crippen LogP contribution in [0.2, 0.25) is 5.02 Å². The number of carbonyl (C=O) groups is 1. The molecule has 0 aliphatic carbocycles. The van der Waals surface area contributed by atoms with Gasteiger partial charge < -0.3 is 10.2 Å². The molecule has 1 saturated heterocycles. The number of carbonyl (C=O) groups excluding carboxylic acids is 1. The number of halogens is 2. The molecule has 3 aromatic rings. The monoisotopic (exact) mass is 445 g/mol. The molecule has 156 valence electrons. The Morgan fingerprint density at radius 3 is 2.70 bits per heavy atom. The first-order valence-corrected chi connectivity index (χ1v) is 10.8. The molecule has 9 heteroatoms. The minimum atomic E-state index is -0.657. The summed E-state index contributed by atoms with van der Waals surface area (Å²) in [6.07, 6.45) is 1.83. The highest BCUT2D eigenvalue weighted by Crippen LogP contribution is 2.22. The molecular formula is C21H21ClFN5OS. The van der Waals surface area contributed by atoms with Gasteiger partial charge in [-0.05, 0) is 31.2 Å². The number of hydrogen-bond acceptors (Lipinski definition) is 6. The molecule has 2 aromatic heterocycles. The number of benzene rings is 1. The van der Waals surface area contributed by atoms with Gasteiger partial charge in [-0.3, -0.25) is 9.69 Å². The highest BCUT2D eigenvalue weighted by molar-refractivity contribution is 7.15. The summed E-state index contributed by atoms with van der Waals surface area (Å²) in [5, 5.41) is 4.01. The first-order chi connectivity index (χ1) is 14.5. The molecule has 3 heterocycles. The Morgan fingerprint density at radius 1 is 1.20 bits per heavy atom. The molecule has 0 atom stereocenters. The Hall–Kier alpha value is -2.55. The first-order valence-electron chi connectivity index (χ1n) is 9.60. The van der Waals surface area contributed by atoms with Crippen molar-refractivity contribution in [1.82, 2.24) is 19.8 Å². The van der Waals surface area contributed by atoms with E-state index in [2.05, 4.69) is 20.2 Å². The van der Waals surface area contributed by atoms with E-state index >= 15 is 0 Å². The maximum atomic E-state index is 14.2. The molecule has 1 aliphatic rings. The van der Waals surface area contributed by atoms with E-state index in [4.69, 9.17) is 11.6 Å². The Morgan fingerprint density at radius 2 is 1.97 bits per heavy atom. The van der Waals surface area contributed by atoms with Gasteiger partial charge in [0.15, 0.2) is 10.9 Å². The van der Waals surface area contributed by atoms with Crippen LogP contribution in [0.1, 0.15) is 20.9 Å². The maximum absolute atomic E-state index is 14.2. The molecule has 4 rings (SSSR count). The van der Waals surface area contributed by atoms with Gasteiger partial charge in [0.1, 0.15) is 5.82 Å². The second-order valence-corrected chi connectivity index (χ2v) is 8.73. The van der Waals surface area contributed by atoms with Crippen LogP contribution < -0.4 is 5.32 Å². The molecule has 1 fully saturated rings. The molecule has 30 heavy (non-hydrogen) atoms. The van der Waals surface area contributed by atoms with Gasteiger partial charge in [0.25, 0.3) is 5.91 Å². The molecule has 0 unspecified atom stereocenters. The zero-order valence-electron chi connectivity index (χ0n) is 16.4. The molecule has 0 bridgehead atoms. The standard InChI is InChI=1S/C21H21ClFN5OS/c1-14-12-24-21(30-14)26-18-7-2-4-15(25-18)13-27-8-10-28(11-9-27)20(29)16-5-3-6-17(22)19(16)23/h2-7,12H,8-11,13H2,1H3,(H,24,25,26). The fourth-order valence-corrected chi connectivity index (χ4v) is 4.18. The number of piperazine rings is 1. The van der Waals surface area contributed by atoms with Crippen molar-refractivity contribution in [3.63, 3.8) is 0 Å². The summed E-state index contributed by atoms with van der Waals surface area (Å²) < 4.78 is 14.2. The quantitative estimate of drug-likeness (QED) is 0.633. The van der Waals surface area contributed by atoms with Gasteiger partial charge in [-0.2, -0.15) is 0 Å². The van der Waals surface area contributed by atoms with Crippen molar-refractivity contribution in [2.75, 3.05) is 31.5 Å². The fourth-order valence-electron chi connectivity index (χ4n) is 3.34. The largest absolute Gasteiger partial charge is 0.336 e. The average Bonchev–Trinajstić information content (AvgIpc) is 3.15. The van der Waals surface area contributed by atoms with E-state index in [1.165, 1.54) is 12.1 Å². The van der Waals surface area contributed by atoms with Crippen LogP contribution in [0.15, 0.2) is 42.6 Å². The molecule has 1 N–H and O–H groups in total. The number of nitrogens with one attached hydrogen (secondary N) is 1. The van der Waals surface area contributed by atoms with Crippen LogP contribution in [0.25, 0.3) is 0 Å². The summed E-state index contributed by atoms with van der Waals surface area (Å²) in [5.74, 6) is -0.222. The lowest BCUT2D eigenvalue weighted by molar-refractivity contribution is 0.0622. The second-order valence-electron chi connectivity index (χ2n) is 7.08. The van der Waals surface area contributed by atoms with Crippen LogP contribution >= 0.6 is 22.9 Å². The lowest BCUT2D eigenvalue weighted by Crippen LogP contribution is -2.48. The third-order valence-electron chi connectivity index (χ3n) is 4.89. The highest BCUT2D eigenvalue weighted by atomic mass is 35.5. The lowest BCUT2D eigenvalue weighted by Gasteiger charge is -2.34. The van der Waals surface area contributed by atoms with E-state index < -0.39 is 5.82 Å². The van der Waals surface area contributed by atoms with Crippen LogP contribution in [-0.4, -0.2) is 51.9 Å². The average molecular weight is 446 g/mol. The van der Waals surface area contributed by atoms with Crippen LogP contribution in [0.3, 0.4) is 0 Å². The van der Waals surface area contributed by atoms with E-state index in [9.17, 15) is 9.18 Å². The number of pyridine rings is 1. The number of aromatic nitrogens is 2. The molecule has 0 saturated carbocycles. The van der Waals surface area contributed by atoms with Crippen molar-refractivity contribution in [3.8, 4) is 0 Å². The van der Waals surface area contributed by atoms with E-state index in [1.54, 1.807) is 22.3 Å². The summed E-state index contributed by atoms with van der Waals surface area (Å²) >= 11 is 7.39. The van der Waals surface area contributed by atoms with Gasteiger partial charge in [0.2, 0.25) is 0 Å². The summed E-state index contributed by atoms with van der Waals surface area (Å²) in [4.78, 5) is 26.6. The van der Waals surface area contributed by atoms with Crippen LogP contribution in [0, 0.1) is 12.7 Å². The fraction of sp³-hybridized carbons (Fsp3) is 0.286. The minimum absolute atomic E-state index is 0.0221. The topological polar surface area (TPSA) is 61.4 Å². The summed E-state index contributed by atoms with van der Waals surface area (Å²) in [6, 6.07) is 10.4. The Labute approximate surface area is 183 Å². The number of amides is 1. The van der Waals surface area contributed by atoms with Crippen molar-refractivity contribution < 1.29 is 9.18 Å². The maximum Gasteiger partial charge on any atom is 0.256 e. The lowest BCUT2D eigenvalue weighted by atomic mass is 10.1. The molecule has 0 radical (unpaired) electrons. The van der Waals surface area contributed by atoms with E-state index in [1.807, 2.05) is 31.3 Å². The van der Waals surface area contributed by atoms with Gasteiger partial charge in [-0.1, -0.05) is 23.7 Å². The molecule has 1 aromatic carbocycles. The van der Waals surface area contributed by atoms with Gasteiger partial charge in [0, 0.05) is 43.8 Å². The van der Waals surface area contributed by atoms with Gasteiger partial charge in [-0.25, -0.2) is 14.4 Å². The molecule has 6 nitrogen and oxygen atoms in total. The smallest absolute Gasteiger partial charge is 0.256 e. The number of anilines is 2. The van der Waals surface area contributed by atoms with E-state index in [0.717, 1.165) is 21.5 Å². The predicted octanol–water partition coefficient (Wildman–Crippen LogP) is 4.34. The third-order valence-corrected chi connectivity index (χ3v) is 6.01. The Balaban J connectivity index is 1.34. The number of thiazole rings is 1. The second kappa shape index (κ2) is 9.07. The van der Waals surface area contributed by atoms with Crippen LogP contribution in [0.5, 0.6) is 0 Å². The molecule has 0 spiro atoms. The summed E-state index contributed by atoms with van der Waals surface area (Å²) in [6.45, 7) is 5.14. The number of nitrogens with zero attached hydrogens (tertiary/aromatic N) is 4. The van der Waals surface area contributed by atoms with Crippen molar-refractivity contribution >= 4 is 39.8 Å². The van der Waals surface area contributed by atoms with Crippen molar-refractivity contribution in [2.45, 2.75) is 13.5 Å². The van der Waals surface area contributed by atoms with Gasteiger partial charge in [0.05, 0.1) is 16.3 Å². The van der Waals surface area contributed by atoms with Crippen molar-refractivity contribution in [3.05, 3.63) is 69.6 Å². The normalized spacial score (nSPS) is 14.7.